The number of nitrogens with zero attached hydrogens (tertiary/aromatic N) is 1. The highest BCUT2D eigenvalue weighted by Gasteiger charge is 2.28. The maximum Gasteiger partial charge on any atom is 0.250 e. The summed E-state index contributed by atoms with van der Waals surface area (Å²) in [7, 11) is 3.17. The van der Waals surface area contributed by atoms with Crippen LogP contribution in [0.5, 0.6) is 0 Å². The van der Waals surface area contributed by atoms with Gasteiger partial charge in [-0.1, -0.05) is 0 Å². The Morgan fingerprint density at radius 1 is 1.33 bits per heavy atom. The van der Waals surface area contributed by atoms with Crippen LogP contribution in [0.25, 0.3) is 0 Å². The van der Waals surface area contributed by atoms with Crippen molar-refractivity contribution in [1.29, 1.82) is 0 Å². The zero-order valence-corrected chi connectivity index (χ0v) is 14.2. The van der Waals surface area contributed by atoms with Gasteiger partial charge in [-0.25, -0.2) is 0 Å². The number of hydrogen-bond acceptors (Lipinski definition) is 4. The molecular formula is C17H23N3O4. The molecule has 2 N–H and O–H groups in total. The molecule has 1 aromatic rings. The number of nitrogens with one attached hydrogen (secondary N) is 2. The molecule has 24 heavy (non-hydrogen) atoms. The van der Waals surface area contributed by atoms with Gasteiger partial charge in [-0.2, -0.15) is 0 Å². The van der Waals surface area contributed by atoms with E-state index in [-0.39, 0.29) is 30.2 Å². The molecule has 0 saturated carbocycles. The zero-order valence-electron chi connectivity index (χ0n) is 14.2. The fourth-order valence-corrected chi connectivity index (χ4v) is 2.67. The van der Waals surface area contributed by atoms with Gasteiger partial charge in [-0.15, -0.1) is 0 Å². The summed E-state index contributed by atoms with van der Waals surface area (Å²) in [5.41, 5.74) is 2.19. The third-order valence-electron chi connectivity index (χ3n) is 4.04. The van der Waals surface area contributed by atoms with Crippen LogP contribution in [-0.2, 0) is 19.1 Å². The molecule has 1 aliphatic heterocycles. The smallest absolute Gasteiger partial charge is 0.250 e. The average molecular weight is 333 g/mol. The normalized spacial score (nSPS) is 17.5. The third kappa shape index (κ3) is 4.55. The van der Waals surface area contributed by atoms with Gasteiger partial charge in [0, 0.05) is 38.5 Å². The summed E-state index contributed by atoms with van der Waals surface area (Å²) in [5.74, 6) is -0.447. The number of likely N-dealkylation sites (tertiary alicyclic amines) is 1. The minimum atomic E-state index is -0.229. The first-order valence-corrected chi connectivity index (χ1v) is 7.85. The van der Waals surface area contributed by atoms with Gasteiger partial charge in [0.1, 0.15) is 6.61 Å². The first-order chi connectivity index (χ1) is 11.4. The highest BCUT2D eigenvalue weighted by atomic mass is 16.5. The van der Waals surface area contributed by atoms with E-state index in [0.717, 1.165) is 5.56 Å². The number of piperidine rings is 1. The Morgan fingerprint density at radius 2 is 2.08 bits per heavy atom. The molecule has 1 aliphatic rings. The predicted molar refractivity (Wildman–Crippen MR) is 90.7 cm³/mol. The van der Waals surface area contributed by atoms with E-state index in [1.54, 1.807) is 30.1 Å². The lowest BCUT2D eigenvalue weighted by atomic mass is 9.97. The van der Waals surface area contributed by atoms with Crippen molar-refractivity contribution in [3.63, 3.8) is 0 Å². The van der Waals surface area contributed by atoms with Gasteiger partial charge < -0.3 is 20.3 Å². The zero-order chi connectivity index (χ0) is 17.7. The third-order valence-corrected chi connectivity index (χ3v) is 4.04. The van der Waals surface area contributed by atoms with Crippen molar-refractivity contribution in [3.05, 3.63) is 23.8 Å². The van der Waals surface area contributed by atoms with Crippen molar-refractivity contribution in [2.75, 3.05) is 37.9 Å². The molecule has 1 atom stereocenters. The summed E-state index contributed by atoms with van der Waals surface area (Å²) in [5, 5.41) is 5.62. The number of aryl methyl sites for hydroxylation is 1. The van der Waals surface area contributed by atoms with Crippen molar-refractivity contribution in [2.45, 2.75) is 19.8 Å². The second kappa shape index (κ2) is 7.92. The number of ether oxygens (including phenoxy) is 1. The summed E-state index contributed by atoms with van der Waals surface area (Å²) in [6, 6.07) is 5.29. The highest BCUT2D eigenvalue weighted by molar-refractivity contribution is 5.95. The summed E-state index contributed by atoms with van der Waals surface area (Å²) in [6.45, 7) is 2.28. The van der Waals surface area contributed by atoms with Gasteiger partial charge in [0.15, 0.2) is 0 Å². The second-order valence-corrected chi connectivity index (χ2v) is 6.01. The van der Waals surface area contributed by atoms with Gasteiger partial charge >= 0.3 is 0 Å². The monoisotopic (exact) mass is 333 g/mol. The van der Waals surface area contributed by atoms with Gasteiger partial charge in [-0.3, -0.25) is 14.4 Å². The molecule has 1 saturated heterocycles. The van der Waals surface area contributed by atoms with Gasteiger partial charge in [0.25, 0.3) is 0 Å². The van der Waals surface area contributed by atoms with E-state index in [0.29, 0.717) is 30.8 Å². The van der Waals surface area contributed by atoms with Crippen molar-refractivity contribution < 1.29 is 19.1 Å². The van der Waals surface area contributed by atoms with Gasteiger partial charge in [-0.05, 0) is 37.1 Å². The number of carbonyl (C=O) groups is 3. The molecule has 0 radical (unpaired) electrons. The molecule has 7 nitrogen and oxygen atoms in total. The Morgan fingerprint density at radius 3 is 2.71 bits per heavy atom. The Balaban J connectivity index is 1.98. The Kier molecular flexibility index (Phi) is 5.92. The minimum Gasteiger partial charge on any atom is -0.375 e. The Labute approximate surface area is 141 Å². The number of rotatable bonds is 5. The quantitative estimate of drug-likeness (QED) is 0.852. The molecule has 1 heterocycles. The maximum absolute atomic E-state index is 12.3. The van der Waals surface area contributed by atoms with Crippen LogP contribution in [0.1, 0.15) is 18.4 Å². The summed E-state index contributed by atoms with van der Waals surface area (Å²) >= 11 is 0. The largest absolute Gasteiger partial charge is 0.375 e. The number of methoxy groups -OCH3 is 1. The first-order valence-electron chi connectivity index (χ1n) is 7.85. The number of carbonyl (C=O) groups excluding carboxylic acids is 3. The fraction of sp³-hybridized carbons (Fsp3) is 0.471. The second-order valence-electron chi connectivity index (χ2n) is 6.01. The van der Waals surface area contributed by atoms with E-state index < -0.39 is 0 Å². The van der Waals surface area contributed by atoms with Crippen molar-refractivity contribution in [1.82, 2.24) is 4.90 Å². The molecule has 0 aromatic heterocycles. The van der Waals surface area contributed by atoms with E-state index >= 15 is 0 Å². The molecule has 1 aromatic carbocycles. The van der Waals surface area contributed by atoms with Crippen LogP contribution in [0.4, 0.5) is 11.4 Å². The summed E-state index contributed by atoms with van der Waals surface area (Å²) < 4.78 is 4.78. The SMILES string of the molecule is COCC(=O)Nc1ccc(NC(=O)C2CCC(=O)N(C)C2)cc1C. The van der Waals surface area contributed by atoms with Crippen molar-refractivity contribution in [2.24, 2.45) is 5.92 Å². The number of anilines is 2. The first kappa shape index (κ1) is 17.9. The lowest BCUT2D eigenvalue weighted by Crippen LogP contribution is -2.41. The lowest BCUT2D eigenvalue weighted by molar-refractivity contribution is -0.135. The molecular weight excluding hydrogens is 310 g/mol. The molecule has 0 spiro atoms. The van der Waals surface area contributed by atoms with Crippen molar-refractivity contribution in [3.8, 4) is 0 Å². The van der Waals surface area contributed by atoms with Crippen LogP contribution in [0.3, 0.4) is 0 Å². The molecule has 3 amide bonds. The van der Waals surface area contributed by atoms with E-state index in [1.165, 1.54) is 7.11 Å². The molecule has 0 bridgehead atoms. The fourth-order valence-electron chi connectivity index (χ4n) is 2.67. The van der Waals surface area contributed by atoms with Crippen LogP contribution >= 0.6 is 0 Å². The average Bonchev–Trinajstić information content (AvgIpc) is 2.53. The van der Waals surface area contributed by atoms with Crippen LogP contribution in [0.15, 0.2) is 18.2 Å². The van der Waals surface area contributed by atoms with Crippen LogP contribution in [0, 0.1) is 12.8 Å². The van der Waals surface area contributed by atoms with Crippen LogP contribution in [-0.4, -0.2) is 49.9 Å². The molecule has 2 rings (SSSR count). The van der Waals surface area contributed by atoms with Crippen LogP contribution < -0.4 is 10.6 Å². The lowest BCUT2D eigenvalue weighted by Gasteiger charge is -2.28. The van der Waals surface area contributed by atoms with E-state index in [2.05, 4.69) is 10.6 Å². The topological polar surface area (TPSA) is 87.7 Å². The minimum absolute atomic E-state index is 0.00809. The Hall–Kier alpha value is -2.41. The number of hydrogen-bond donors (Lipinski definition) is 2. The standard InChI is InChI=1S/C17H23N3O4/c1-11-8-13(5-6-14(11)19-15(21)10-24-3)18-17(23)12-4-7-16(22)20(2)9-12/h5-6,8,12H,4,7,9-10H2,1-3H3,(H,18,23)(H,19,21). The van der Waals surface area contributed by atoms with E-state index in [4.69, 9.17) is 4.74 Å². The van der Waals surface area contributed by atoms with E-state index in [9.17, 15) is 14.4 Å². The molecule has 130 valence electrons. The molecule has 0 aliphatic carbocycles. The summed E-state index contributed by atoms with van der Waals surface area (Å²) in [4.78, 5) is 37.0. The molecule has 1 fully saturated rings. The van der Waals surface area contributed by atoms with Crippen LogP contribution in [0.2, 0.25) is 0 Å². The molecule has 7 heteroatoms. The van der Waals surface area contributed by atoms with Gasteiger partial charge in [0.05, 0.1) is 5.92 Å². The highest BCUT2D eigenvalue weighted by Crippen LogP contribution is 2.22. The number of benzene rings is 1. The number of amides is 3. The van der Waals surface area contributed by atoms with Crippen molar-refractivity contribution >= 4 is 29.1 Å². The van der Waals surface area contributed by atoms with E-state index in [1.807, 2.05) is 6.92 Å². The van der Waals surface area contributed by atoms with Gasteiger partial charge in [0.2, 0.25) is 17.7 Å². The Bertz CT molecular complexity index is 645. The molecule has 1 unspecified atom stereocenters. The summed E-state index contributed by atoms with van der Waals surface area (Å²) in [6.07, 6.45) is 0.969. The maximum atomic E-state index is 12.3. The predicted octanol–water partition coefficient (Wildman–Crippen LogP) is 1.39.